The Balaban J connectivity index is 1.55. The third kappa shape index (κ3) is 2.58. The standard InChI is InChI=1S/C20H14N6O4/c1-25-18(28)13-8-4-5-9-14(13)26-15(21-24-20(25)26)10-30-19(29)16-11-6-2-3-7-12(11)17(27)23-22-16/h2-9H,10H2,1H3,(H,23,27). The van der Waals surface area contributed by atoms with Gasteiger partial charge >= 0.3 is 5.97 Å². The highest BCUT2D eigenvalue weighted by Gasteiger charge is 2.19. The second-order valence-electron chi connectivity index (χ2n) is 6.66. The number of para-hydroxylation sites is 1. The van der Waals surface area contributed by atoms with E-state index in [4.69, 9.17) is 4.74 Å². The van der Waals surface area contributed by atoms with Crippen LogP contribution in [0.15, 0.2) is 58.1 Å². The number of carbonyl (C=O) groups excluding carboxylic acids is 1. The summed E-state index contributed by atoms with van der Waals surface area (Å²) in [5, 5.41) is 15.5. The van der Waals surface area contributed by atoms with Gasteiger partial charge < -0.3 is 4.74 Å². The molecule has 3 heterocycles. The molecule has 0 fully saturated rings. The van der Waals surface area contributed by atoms with Gasteiger partial charge in [0.1, 0.15) is 0 Å². The number of hydrogen-bond acceptors (Lipinski definition) is 7. The molecule has 0 aliphatic rings. The number of hydrogen-bond donors (Lipinski definition) is 1. The summed E-state index contributed by atoms with van der Waals surface area (Å²) in [6, 6.07) is 13.7. The number of rotatable bonds is 3. The number of ether oxygens (including phenoxy) is 1. The van der Waals surface area contributed by atoms with Crippen LogP contribution < -0.4 is 11.1 Å². The molecule has 0 bridgehead atoms. The van der Waals surface area contributed by atoms with Gasteiger partial charge in [-0.05, 0) is 18.2 Å². The molecule has 3 aromatic heterocycles. The molecule has 10 nitrogen and oxygen atoms in total. The van der Waals surface area contributed by atoms with Crippen molar-refractivity contribution in [1.82, 2.24) is 29.4 Å². The number of nitrogens with one attached hydrogen (secondary N) is 1. The van der Waals surface area contributed by atoms with E-state index in [0.717, 1.165) is 0 Å². The average Bonchev–Trinajstić information content (AvgIpc) is 3.20. The summed E-state index contributed by atoms with van der Waals surface area (Å²) in [4.78, 5) is 37.1. The fourth-order valence-corrected chi connectivity index (χ4v) is 3.45. The van der Waals surface area contributed by atoms with Crippen molar-refractivity contribution < 1.29 is 9.53 Å². The highest BCUT2D eigenvalue weighted by atomic mass is 16.5. The topological polar surface area (TPSA) is 124 Å². The van der Waals surface area contributed by atoms with E-state index in [9.17, 15) is 14.4 Å². The van der Waals surface area contributed by atoms with Crippen LogP contribution in [0, 0.1) is 0 Å². The highest BCUT2D eigenvalue weighted by Crippen LogP contribution is 2.16. The lowest BCUT2D eigenvalue weighted by molar-refractivity contribution is 0.0455. The van der Waals surface area contributed by atoms with Crippen LogP contribution in [0.1, 0.15) is 16.3 Å². The molecule has 5 aromatic rings. The summed E-state index contributed by atoms with van der Waals surface area (Å²) in [7, 11) is 1.60. The van der Waals surface area contributed by atoms with E-state index in [1.807, 2.05) is 0 Å². The molecule has 1 N–H and O–H groups in total. The largest absolute Gasteiger partial charge is 0.453 e. The lowest BCUT2D eigenvalue weighted by Crippen LogP contribution is -2.20. The van der Waals surface area contributed by atoms with Crippen LogP contribution in [0.2, 0.25) is 0 Å². The van der Waals surface area contributed by atoms with Gasteiger partial charge in [0.05, 0.1) is 16.3 Å². The maximum Gasteiger partial charge on any atom is 0.359 e. The van der Waals surface area contributed by atoms with Crippen molar-refractivity contribution in [3.63, 3.8) is 0 Å². The van der Waals surface area contributed by atoms with Crippen molar-refractivity contribution in [3.8, 4) is 0 Å². The molecular weight excluding hydrogens is 388 g/mol. The number of esters is 1. The fraction of sp³-hybridized carbons (Fsp3) is 0.100. The van der Waals surface area contributed by atoms with E-state index in [1.165, 1.54) is 4.57 Å². The first-order valence-corrected chi connectivity index (χ1v) is 9.02. The van der Waals surface area contributed by atoms with E-state index in [2.05, 4.69) is 20.4 Å². The van der Waals surface area contributed by atoms with Crippen LogP contribution in [0.5, 0.6) is 0 Å². The Morgan fingerprint density at radius 3 is 2.50 bits per heavy atom. The first-order valence-electron chi connectivity index (χ1n) is 9.02. The van der Waals surface area contributed by atoms with E-state index in [0.29, 0.717) is 33.3 Å². The predicted octanol–water partition coefficient (Wildman–Crippen LogP) is 1.17. The van der Waals surface area contributed by atoms with Crippen LogP contribution in [0.3, 0.4) is 0 Å². The van der Waals surface area contributed by atoms with Crippen molar-refractivity contribution in [2.75, 3.05) is 0 Å². The normalized spacial score (nSPS) is 11.4. The Morgan fingerprint density at radius 1 is 1.00 bits per heavy atom. The Hall–Kier alpha value is -4.34. The molecule has 0 saturated carbocycles. The number of aryl methyl sites for hydroxylation is 1. The zero-order valence-corrected chi connectivity index (χ0v) is 15.7. The predicted molar refractivity (Wildman–Crippen MR) is 107 cm³/mol. The van der Waals surface area contributed by atoms with E-state index >= 15 is 0 Å². The molecule has 2 aromatic carbocycles. The molecule has 5 rings (SSSR count). The number of H-pyrrole nitrogens is 1. The molecule has 0 radical (unpaired) electrons. The minimum absolute atomic E-state index is 0.00345. The highest BCUT2D eigenvalue weighted by molar-refractivity contribution is 6.01. The second kappa shape index (κ2) is 6.62. The number of carbonyl (C=O) groups is 1. The third-order valence-corrected chi connectivity index (χ3v) is 4.91. The molecule has 0 aliphatic carbocycles. The fourth-order valence-electron chi connectivity index (χ4n) is 3.45. The summed E-state index contributed by atoms with van der Waals surface area (Å²) >= 11 is 0. The van der Waals surface area contributed by atoms with Crippen molar-refractivity contribution in [2.45, 2.75) is 6.61 Å². The Bertz CT molecular complexity index is 1580. The molecule has 0 aliphatic heterocycles. The number of nitrogens with zero attached hydrogens (tertiary/aromatic N) is 5. The number of aromatic amines is 1. The van der Waals surface area contributed by atoms with Crippen LogP contribution >= 0.6 is 0 Å². The Labute approximate surface area is 167 Å². The van der Waals surface area contributed by atoms with Crippen LogP contribution in [-0.2, 0) is 18.4 Å². The molecular formula is C20H14N6O4. The second-order valence-corrected chi connectivity index (χ2v) is 6.66. The van der Waals surface area contributed by atoms with Gasteiger partial charge in [0, 0.05) is 12.4 Å². The minimum Gasteiger partial charge on any atom is -0.453 e. The summed E-state index contributed by atoms with van der Waals surface area (Å²) in [5.74, 6) is -0.0374. The first-order chi connectivity index (χ1) is 14.6. The van der Waals surface area contributed by atoms with Crippen LogP contribution in [0.4, 0.5) is 0 Å². The van der Waals surface area contributed by atoms with Gasteiger partial charge in [-0.3, -0.25) is 18.6 Å². The van der Waals surface area contributed by atoms with Gasteiger partial charge in [-0.1, -0.05) is 30.3 Å². The first kappa shape index (κ1) is 17.7. The molecule has 0 atom stereocenters. The van der Waals surface area contributed by atoms with Crippen LogP contribution in [0.25, 0.3) is 27.5 Å². The van der Waals surface area contributed by atoms with E-state index < -0.39 is 11.5 Å². The van der Waals surface area contributed by atoms with Gasteiger partial charge in [-0.25, -0.2) is 9.89 Å². The van der Waals surface area contributed by atoms with Gasteiger partial charge in [0.25, 0.3) is 11.1 Å². The lowest BCUT2D eigenvalue weighted by atomic mass is 10.1. The van der Waals surface area contributed by atoms with Gasteiger partial charge in [0.2, 0.25) is 5.78 Å². The summed E-state index contributed by atoms with van der Waals surface area (Å²) in [5.41, 5.74) is 0.0199. The maximum absolute atomic E-state index is 12.7. The monoisotopic (exact) mass is 402 g/mol. The SMILES string of the molecule is Cn1c(=O)c2ccccc2n2c(COC(=O)c3n[nH]c(=O)c4ccccc34)nnc12. The third-order valence-electron chi connectivity index (χ3n) is 4.91. The zero-order chi connectivity index (χ0) is 20.8. The molecule has 0 spiro atoms. The molecule has 0 saturated heterocycles. The van der Waals surface area contributed by atoms with Crippen molar-refractivity contribution in [3.05, 3.63) is 80.8 Å². The van der Waals surface area contributed by atoms with Crippen molar-refractivity contribution in [1.29, 1.82) is 0 Å². The summed E-state index contributed by atoms with van der Waals surface area (Å²) in [6.45, 7) is -0.197. The zero-order valence-electron chi connectivity index (χ0n) is 15.7. The number of fused-ring (bicyclic) bond motifs is 4. The molecule has 148 valence electrons. The van der Waals surface area contributed by atoms with E-state index in [1.54, 1.807) is 60.0 Å². The van der Waals surface area contributed by atoms with Crippen molar-refractivity contribution >= 4 is 33.4 Å². The average molecular weight is 402 g/mol. The molecule has 10 heteroatoms. The summed E-state index contributed by atoms with van der Waals surface area (Å²) < 4.78 is 8.47. The van der Waals surface area contributed by atoms with Crippen molar-refractivity contribution in [2.24, 2.45) is 7.05 Å². The van der Waals surface area contributed by atoms with E-state index in [-0.39, 0.29) is 17.9 Å². The molecule has 30 heavy (non-hydrogen) atoms. The van der Waals surface area contributed by atoms with Crippen LogP contribution in [-0.4, -0.2) is 35.3 Å². The Morgan fingerprint density at radius 2 is 1.70 bits per heavy atom. The van der Waals surface area contributed by atoms with Gasteiger partial charge in [-0.2, -0.15) is 5.10 Å². The number of benzene rings is 2. The van der Waals surface area contributed by atoms with Gasteiger partial charge in [0.15, 0.2) is 18.1 Å². The Kier molecular flexibility index (Phi) is 3.91. The molecule has 0 amide bonds. The van der Waals surface area contributed by atoms with Gasteiger partial charge in [-0.15, -0.1) is 10.2 Å². The number of aromatic nitrogens is 6. The molecule has 0 unspecified atom stereocenters. The quantitative estimate of drug-likeness (QED) is 0.449. The maximum atomic E-state index is 12.7. The smallest absolute Gasteiger partial charge is 0.359 e. The minimum atomic E-state index is -0.715. The summed E-state index contributed by atoms with van der Waals surface area (Å²) in [6.07, 6.45) is 0. The lowest BCUT2D eigenvalue weighted by Gasteiger charge is -2.08.